The highest BCUT2D eigenvalue weighted by molar-refractivity contribution is 6.00. The smallest absolute Gasteiger partial charge is 0.252 e. The highest BCUT2D eigenvalue weighted by Crippen LogP contribution is 2.17. The van der Waals surface area contributed by atoms with Gasteiger partial charge in [-0.1, -0.05) is 60.7 Å². The Morgan fingerprint density at radius 3 is 2.29 bits per heavy atom. The molecule has 0 radical (unpaired) electrons. The maximum absolute atomic E-state index is 13.2. The molecule has 0 aliphatic carbocycles. The molecule has 0 saturated carbocycles. The summed E-state index contributed by atoms with van der Waals surface area (Å²) in [4.78, 5) is 38.7. The van der Waals surface area contributed by atoms with E-state index in [1.807, 2.05) is 48.5 Å². The molecule has 0 fully saturated rings. The minimum atomic E-state index is -1.23. The normalized spacial score (nSPS) is 12.1. The van der Waals surface area contributed by atoms with Gasteiger partial charge in [0.2, 0.25) is 11.8 Å². The van der Waals surface area contributed by atoms with Crippen molar-refractivity contribution in [2.24, 2.45) is 5.73 Å². The first-order chi connectivity index (χ1) is 16.3. The second-order valence-corrected chi connectivity index (χ2v) is 8.79. The van der Waals surface area contributed by atoms with Crippen LogP contribution in [-0.2, 0) is 16.0 Å². The molecular formula is C27H32N4O3. The minimum absolute atomic E-state index is 0.292. The Labute approximate surface area is 200 Å². The molecule has 0 aromatic heterocycles. The molecule has 7 heteroatoms. The Morgan fingerprint density at radius 2 is 1.59 bits per heavy atom. The van der Waals surface area contributed by atoms with E-state index in [1.54, 1.807) is 38.1 Å². The van der Waals surface area contributed by atoms with E-state index < -0.39 is 17.5 Å². The van der Waals surface area contributed by atoms with Gasteiger partial charge < -0.3 is 21.7 Å². The molecule has 3 rings (SSSR count). The summed E-state index contributed by atoms with van der Waals surface area (Å²) >= 11 is 0. The van der Waals surface area contributed by atoms with Gasteiger partial charge in [-0.25, -0.2) is 0 Å². The third kappa shape index (κ3) is 6.65. The van der Waals surface area contributed by atoms with Crippen molar-refractivity contribution in [3.8, 4) is 0 Å². The first kappa shape index (κ1) is 24.9. The van der Waals surface area contributed by atoms with Crippen molar-refractivity contribution in [2.45, 2.75) is 38.3 Å². The van der Waals surface area contributed by atoms with Gasteiger partial charge in [0.05, 0.1) is 0 Å². The summed E-state index contributed by atoms with van der Waals surface area (Å²) in [5.41, 5.74) is 5.68. The molecule has 1 atom stereocenters. The van der Waals surface area contributed by atoms with Crippen LogP contribution >= 0.6 is 0 Å². The maximum Gasteiger partial charge on any atom is 0.252 e. The van der Waals surface area contributed by atoms with Crippen LogP contribution in [0.2, 0.25) is 0 Å². The van der Waals surface area contributed by atoms with Crippen LogP contribution in [0.3, 0.4) is 0 Å². The molecule has 7 nitrogen and oxygen atoms in total. The predicted molar refractivity (Wildman–Crippen MR) is 134 cm³/mol. The van der Waals surface area contributed by atoms with Crippen molar-refractivity contribution in [3.63, 3.8) is 0 Å². The van der Waals surface area contributed by atoms with Crippen molar-refractivity contribution in [2.75, 3.05) is 13.1 Å². The summed E-state index contributed by atoms with van der Waals surface area (Å²) in [6, 6.07) is 21.8. The van der Waals surface area contributed by atoms with Crippen LogP contribution in [0.4, 0.5) is 0 Å². The fourth-order valence-corrected chi connectivity index (χ4v) is 3.59. The first-order valence-corrected chi connectivity index (χ1v) is 11.4. The SMILES string of the molecule is CC(C)(NC(=O)c1ccccc1)C(=O)N[C@H](Cc1ccc2ccccc2c1)C(=O)NCCCN. The van der Waals surface area contributed by atoms with E-state index in [1.165, 1.54) is 0 Å². The van der Waals surface area contributed by atoms with Crippen molar-refractivity contribution >= 4 is 28.5 Å². The lowest BCUT2D eigenvalue weighted by Crippen LogP contribution is -2.59. The Hall–Kier alpha value is -3.71. The fourth-order valence-electron chi connectivity index (χ4n) is 3.59. The third-order valence-corrected chi connectivity index (χ3v) is 5.59. The number of benzene rings is 3. The molecule has 0 aliphatic heterocycles. The molecule has 0 spiro atoms. The second kappa shape index (κ2) is 11.4. The van der Waals surface area contributed by atoms with E-state index >= 15 is 0 Å². The van der Waals surface area contributed by atoms with Crippen molar-refractivity contribution < 1.29 is 14.4 Å². The highest BCUT2D eigenvalue weighted by Gasteiger charge is 2.33. The van der Waals surface area contributed by atoms with Gasteiger partial charge in [-0.3, -0.25) is 14.4 Å². The highest BCUT2D eigenvalue weighted by atomic mass is 16.2. The van der Waals surface area contributed by atoms with Crippen LogP contribution < -0.4 is 21.7 Å². The average molecular weight is 461 g/mol. The molecule has 3 aromatic carbocycles. The van der Waals surface area contributed by atoms with Gasteiger partial charge in [0.1, 0.15) is 11.6 Å². The Bertz CT molecular complexity index is 1140. The van der Waals surface area contributed by atoms with Gasteiger partial charge in [0.25, 0.3) is 5.91 Å². The zero-order chi connectivity index (χ0) is 24.6. The van der Waals surface area contributed by atoms with Crippen LogP contribution in [0.1, 0.15) is 36.2 Å². The summed E-state index contributed by atoms with van der Waals surface area (Å²) in [5.74, 6) is -1.10. The van der Waals surface area contributed by atoms with E-state index in [-0.39, 0.29) is 11.8 Å². The largest absolute Gasteiger partial charge is 0.354 e. The van der Waals surface area contributed by atoms with E-state index in [2.05, 4.69) is 16.0 Å². The Kier molecular flexibility index (Phi) is 8.38. The van der Waals surface area contributed by atoms with Crippen LogP contribution in [-0.4, -0.2) is 42.4 Å². The second-order valence-electron chi connectivity index (χ2n) is 8.79. The first-order valence-electron chi connectivity index (χ1n) is 11.4. The summed E-state index contributed by atoms with van der Waals surface area (Å²) in [6.07, 6.45) is 0.953. The van der Waals surface area contributed by atoms with Gasteiger partial charge in [-0.15, -0.1) is 0 Å². The Balaban J connectivity index is 1.75. The lowest BCUT2D eigenvalue weighted by atomic mass is 9.98. The number of amides is 3. The predicted octanol–water partition coefficient (Wildman–Crippen LogP) is 2.54. The summed E-state index contributed by atoms with van der Waals surface area (Å²) < 4.78 is 0. The van der Waals surface area contributed by atoms with Crippen LogP contribution in [0.5, 0.6) is 0 Å². The quantitative estimate of drug-likeness (QED) is 0.348. The van der Waals surface area contributed by atoms with E-state index in [4.69, 9.17) is 5.73 Å². The minimum Gasteiger partial charge on any atom is -0.354 e. The van der Waals surface area contributed by atoms with E-state index in [0.29, 0.717) is 31.5 Å². The molecule has 5 N–H and O–H groups in total. The third-order valence-electron chi connectivity index (χ3n) is 5.59. The summed E-state index contributed by atoms with van der Waals surface area (Å²) in [7, 11) is 0. The number of rotatable bonds is 10. The molecule has 178 valence electrons. The number of fused-ring (bicyclic) bond motifs is 1. The lowest BCUT2D eigenvalue weighted by Gasteiger charge is -2.28. The molecular weight excluding hydrogens is 428 g/mol. The monoisotopic (exact) mass is 460 g/mol. The summed E-state index contributed by atoms with van der Waals surface area (Å²) in [6.45, 7) is 4.11. The van der Waals surface area contributed by atoms with Crippen molar-refractivity contribution in [1.29, 1.82) is 0 Å². The molecule has 3 amide bonds. The standard InChI is InChI=1S/C27H32N4O3/c1-27(2,31-24(32)21-10-4-3-5-11-21)26(34)30-23(25(33)29-16-8-15-28)18-19-13-14-20-9-6-7-12-22(20)17-19/h3-7,9-14,17,23H,8,15-16,18,28H2,1-2H3,(H,29,33)(H,30,34)(H,31,32)/t23-/m1/s1. The van der Waals surface area contributed by atoms with E-state index in [0.717, 1.165) is 16.3 Å². The topological polar surface area (TPSA) is 113 Å². The van der Waals surface area contributed by atoms with Gasteiger partial charge in [0, 0.05) is 18.5 Å². The number of carbonyl (C=O) groups excluding carboxylic acids is 3. The molecule has 0 unspecified atom stereocenters. The number of carbonyl (C=O) groups is 3. The zero-order valence-electron chi connectivity index (χ0n) is 19.6. The summed E-state index contributed by atoms with van der Waals surface area (Å²) in [5, 5.41) is 10.6. The Morgan fingerprint density at radius 1 is 0.912 bits per heavy atom. The van der Waals surface area contributed by atoms with Crippen molar-refractivity contribution in [3.05, 3.63) is 83.9 Å². The van der Waals surface area contributed by atoms with Gasteiger partial charge in [-0.05, 0) is 55.3 Å². The number of hydrogen-bond donors (Lipinski definition) is 4. The molecule has 0 saturated heterocycles. The molecule has 0 bridgehead atoms. The number of nitrogens with one attached hydrogen (secondary N) is 3. The average Bonchev–Trinajstić information content (AvgIpc) is 2.83. The zero-order valence-corrected chi connectivity index (χ0v) is 19.6. The number of nitrogens with two attached hydrogens (primary N) is 1. The molecule has 0 heterocycles. The van der Waals surface area contributed by atoms with Gasteiger partial charge in [0.15, 0.2) is 0 Å². The van der Waals surface area contributed by atoms with Crippen LogP contribution in [0, 0.1) is 0 Å². The number of hydrogen-bond acceptors (Lipinski definition) is 4. The van der Waals surface area contributed by atoms with Gasteiger partial charge in [-0.2, -0.15) is 0 Å². The fraction of sp³-hybridized carbons (Fsp3) is 0.296. The lowest BCUT2D eigenvalue weighted by molar-refractivity contribution is -0.131. The van der Waals surface area contributed by atoms with Gasteiger partial charge >= 0.3 is 0 Å². The van der Waals surface area contributed by atoms with Crippen LogP contribution in [0.25, 0.3) is 10.8 Å². The van der Waals surface area contributed by atoms with Crippen LogP contribution in [0.15, 0.2) is 72.8 Å². The van der Waals surface area contributed by atoms with E-state index in [9.17, 15) is 14.4 Å². The molecule has 0 aliphatic rings. The molecule has 34 heavy (non-hydrogen) atoms. The molecule has 3 aromatic rings. The maximum atomic E-state index is 13.2. The van der Waals surface area contributed by atoms with Crippen molar-refractivity contribution in [1.82, 2.24) is 16.0 Å².